The predicted octanol–water partition coefficient (Wildman–Crippen LogP) is 3.74. The van der Waals surface area contributed by atoms with Crippen molar-refractivity contribution in [3.05, 3.63) is 63.6 Å². The number of rotatable bonds is 4. The first kappa shape index (κ1) is 19.7. The Bertz CT molecular complexity index is 1050. The number of aromatic nitrogens is 5. The second kappa shape index (κ2) is 7.17. The third kappa shape index (κ3) is 3.95. The molecular weight excluding hydrogens is 378 g/mol. The van der Waals surface area contributed by atoms with Gasteiger partial charge in [-0.1, -0.05) is 25.1 Å². The Morgan fingerprint density at radius 2 is 1.86 bits per heavy atom. The summed E-state index contributed by atoms with van der Waals surface area (Å²) in [5.41, 5.74) is -0.755. The van der Waals surface area contributed by atoms with E-state index in [1.807, 2.05) is 0 Å². The van der Waals surface area contributed by atoms with Gasteiger partial charge in [0.15, 0.2) is 0 Å². The lowest BCUT2D eigenvalue weighted by Crippen LogP contribution is -2.19. The number of aromatic amines is 1. The van der Waals surface area contributed by atoms with Crippen LogP contribution in [0.15, 0.2) is 35.3 Å². The van der Waals surface area contributed by atoms with Gasteiger partial charge in [-0.2, -0.15) is 13.2 Å². The molecule has 2 aromatic heterocycles. The normalized spacial score (nSPS) is 13.1. The number of nitrogens with zero attached hydrogens (tertiary/aromatic N) is 4. The Morgan fingerprint density at radius 1 is 1.14 bits per heavy atom. The number of aryl methyl sites for hydroxylation is 1. The van der Waals surface area contributed by atoms with E-state index in [1.165, 1.54) is 16.9 Å². The standard InChI is InChI=1S/C18H17F4N5O/c1-9(2)17(12-5-4-11(6-13(12)19)18(20,21)22)27-8-15(25-26-27)14-7-16(28)24-10(3)23-14/h4-9,17H,1-3H3,(H,23,24,28)/t17-/m1/s1. The van der Waals surface area contributed by atoms with Gasteiger partial charge < -0.3 is 4.98 Å². The van der Waals surface area contributed by atoms with Crippen molar-refractivity contribution in [1.29, 1.82) is 0 Å². The van der Waals surface area contributed by atoms with E-state index in [0.29, 0.717) is 23.3 Å². The van der Waals surface area contributed by atoms with Crippen LogP contribution in [0, 0.1) is 18.7 Å². The summed E-state index contributed by atoms with van der Waals surface area (Å²) in [6.45, 7) is 5.20. The van der Waals surface area contributed by atoms with Gasteiger partial charge in [0.25, 0.3) is 5.56 Å². The monoisotopic (exact) mass is 395 g/mol. The molecule has 0 unspecified atom stereocenters. The number of nitrogens with one attached hydrogen (secondary N) is 1. The molecule has 10 heteroatoms. The average Bonchev–Trinajstić information content (AvgIpc) is 3.04. The minimum Gasteiger partial charge on any atom is -0.311 e. The fourth-order valence-electron chi connectivity index (χ4n) is 2.99. The summed E-state index contributed by atoms with van der Waals surface area (Å²) in [4.78, 5) is 18.3. The van der Waals surface area contributed by atoms with Gasteiger partial charge >= 0.3 is 6.18 Å². The Morgan fingerprint density at radius 3 is 2.43 bits per heavy atom. The largest absolute Gasteiger partial charge is 0.416 e. The summed E-state index contributed by atoms with van der Waals surface area (Å²) in [6.07, 6.45) is -3.14. The molecule has 1 atom stereocenters. The second-order valence-corrected chi connectivity index (χ2v) is 6.72. The van der Waals surface area contributed by atoms with Crippen LogP contribution in [0.2, 0.25) is 0 Å². The molecule has 0 spiro atoms. The number of H-pyrrole nitrogens is 1. The smallest absolute Gasteiger partial charge is 0.311 e. The third-order valence-corrected chi connectivity index (χ3v) is 4.20. The summed E-state index contributed by atoms with van der Waals surface area (Å²) in [5, 5.41) is 7.97. The highest BCUT2D eigenvalue weighted by atomic mass is 19.4. The molecule has 0 amide bonds. The quantitative estimate of drug-likeness (QED) is 0.683. The topological polar surface area (TPSA) is 76.5 Å². The van der Waals surface area contributed by atoms with E-state index in [4.69, 9.17) is 0 Å². The van der Waals surface area contributed by atoms with Crippen LogP contribution < -0.4 is 5.56 Å². The van der Waals surface area contributed by atoms with Crippen LogP contribution in [0.1, 0.15) is 36.8 Å². The molecule has 6 nitrogen and oxygen atoms in total. The SMILES string of the molecule is Cc1nc(-c2cn([C@@H](c3ccc(C(F)(F)F)cc3F)C(C)C)nn2)cc(=O)[nH]1. The maximum Gasteiger partial charge on any atom is 0.416 e. The molecule has 0 radical (unpaired) electrons. The maximum absolute atomic E-state index is 14.5. The Hall–Kier alpha value is -3.04. The van der Waals surface area contributed by atoms with Gasteiger partial charge in [0.1, 0.15) is 17.3 Å². The Balaban J connectivity index is 2.03. The van der Waals surface area contributed by atoms with E-state index in [9.17, 15) is 22.4 Å². The predicted molar refractivity (Wildman–Crippen MR) is 93.0 cm³/mol. The molecule has 0 aliphatic carbocycles. The van der Waals surface area contributed by atoms with Crippen molar-refractivity contribution in [2.24, 2.45) is 5.92 Å². The highest BCUT2D eigenvalue weighted by Crippen LogP contribution is 2.34. The molecule has 3 aromatic rings. The number of benzene rings is 1. The average molecular weight is 395 g/mol. The Labute approximate surface area is 157 Å². The first-order valence-electron chi connectivity index (χ1n) is 8.43. The van der Waals surface area contributed by atoms with Crippen molar-refractivity contribution in [3.63, 3.8) is 0 Å². The van der Waals surface area contributed by atoms with Gasteiger partial charge in [-0.25, -0.2) is 14.1 Å². The van der Waals surface area contributed by atoms with Gasteiger partial charge in [0.2, 0.25) is 0 Å². The van der Waals surface area contributed by atoms with Crippen molar-refractivity contribution in [3.8, 4) is 11.4 Å². The highest BCUT2D eigenvalue weighted by Gasteiger charge is 2.32. The Kier molecular flexibility index (Phi) is 5.05. The zero-order chi connectivity index (χ0) is 20.6. The van der Waals surface area contributed by atoms with Crippen molar-refractivity contribution in [1.82, 2.24) is 25.0 Å². The molecule has 1 N–H and O–H groups in total. The van der Waals surface area contributed by atoms with Crippen LogP contribution in [-0.4, -0.2) is 25.0 Å². The van der Waals surface area contributed by atoms with Gasteiger partial charge in [0.05, 0.1) is 23.5 Å². The van der Waals surface area contributed by atoms with E-state index < -0.39 is 23.6 Å². The molecule has 3 rings (SSSR count). The van der Waals surface area contributed by atoms with Crippen LogP contribution in [-0.2, 0) is 6.18 Å². The van der Waals surface area contributed by atoms with Crippen molar-refractivity contribution in [2.75, 3.05) is 0 Å². The molecule has 1 aromatic carbocycles. The molecule has 148 valence electrons. The van der Waals surface area contributed by atoms with Gasteiger partial charge in [0, 0.05) is 11.6 Å². The summed E-state index contributed by atoms with van der Waals surface area (Å²) in [6, 6.07) is 2.99. The summed E-state index contributed by atoms with van der Waals surface area (Å²) in [5.74, 6) is -0.781. The van der Waals surface area contributed by atoms with Crippen molar-refractivity contribution in [2.45, 2.75) is 33.0 Å². The minimum absolute atomic E-state index is 0.0644. The lowest BCUT2D eigenvalue weighted by Gasteiger charge is -2.22. The van der Waals surface area contributed by atoms with Crippen LogP contribution in [0.4, 0.5) is 17.6 Å². The van der Waals surface area contributed by atoms with E-state index in [0.717, 1.165) is 12.1 Å². The van der Waals surface area contributed by atoms with E-state index in [-0.39, 0.29) is 17.0 Å². The lowest BCUT2D eigenvalue weighted by molar-refractivity contribution is -0.137. The first-order valence-corrected chi connectivity index (χ1v) is 8.43. The number of hydrogen-bond acceptors (Lipinski definition) is 4. The molecule has 0 saturated heterocycles. The fraction of sp³-hybridized carbons (Fsp3) is 0.333. The molecule has 0 fully saturated rings. The van der Waals surface area contributed by atoms with E-state index >= 15 is 0 Å². The fourth-order valence-corrected chi connectivity index (χ4v) is 2.99. The van der Waals surface area contributed by atoms with E-state index in [2.05, 4.69) is 20.3 Å². The molecular formula is C18H17F4N5O. The van der Waals surface area contributed by atoms with Crippen molar-refractivity contribution < 1.29 is 17.6 Å². The third-order valence-electron chi connectivity index (χ3n) is 4.20. The number of halogens is 4. The first-order chi connectivity index (χ1) is 13.1. The van der Waals surface area contributed by atoms with Crippen molar-refractivity contribution >= 4 is 0 Å². The van der Waals surface area contributed by atoms with Gasteiger partial charge in [-0.05, 0) is 25.0 Å². The molecule has 0 saturated carbocycles. The molecule has 28 heavy (non-hydrogen) atoms. The number of alkyl halides is 3. The van der Waals surface area contributed by atoms with E-state index in [1.54, 1.807) is 20.8 Å². The molecule has 0 aliphatic heterocycles. The van der Waals surface area contributed by atoms with Crippen LogP contribution in [0.5, 0.6) is 0 Å². The van der Waals surface area contributed by atoms with Crippen LogP contribution >= 0.6 is 0 Å². The highest BCUT2D eigenvalue weighted by molar-refractivity contribution is 5.51. The van der Waals surface area contributed by atoms with Crippen LogP contribution in [0.3, 0.4) is 0 Å². The molecule has 2 heterocycles. The zero-order valence-electron chi connectivity index (χ0n) is 15.3. The number of hydrogen-bond donors (Lipinski definition) is 1. The van der Waals surface area contributed by atoms with Crippen LogP contribution in [0.25, 0.3) is 11.4 Å². The lowest BCUT2D eigenvalue weighted by atomic mass is 9.94. The minimum atomic E-state index is -4.63. The summed E-state index contributed by atoms with van der Waals surface area (Å²) < 4.78 is 54.3. The maximum atomic E-state index is 14.5. The van der Waals surface area contributed by atoms with Gasteiger partial charge in [-0.15, -0.1) is 5.10 Å². The summed E-state index contributed by atoms with van der Waals surface area (Å²) in [7, 11) is 0. The zero-order valence-corrected chi connectivity index (χ0v) is 15.3. The van der Waals surface area contributed by atoms with Gasteiger partial charge in [-0.3, -0.25) is 4.79 Å². The molecule has 0 bridgehead atoms. The summed E-state index contributed by atoms with van der Waals surface area (Å²) >= 11 is 0. The second-order valence-electron chi connectivity index (χ2n) is 6.72. The molecule has 0 aliphatic rings.